The third kappa shape index (κ3) is 5.36. The van der Waals surface area contributed by atoms with Crippen molar-refractivity contribution < 1.29 is 28.5 Å². The number of methoxy groups -OCH3 is 2. The third-order valence-electron chi connectivity index (χ3n) is 4.85. The van der Waals surface area contributed by atoms with Gasteiger partial charge in [0.05, 0.1) is 25.5 Å². The molecule has 1 fully saturated rings. The van der Waals surface area contributed by atoms with Crippen LogP contribution in [0, 0.1) is 11.8 Å². The van der Waals surface area contributed by atoms with E-state index < -0.39 is 5.97 Å². The van der Waals surface area contributed by atoms with Crippen LogP contribution in [0.3, 0.4) is 0 Å². The highest BCUT2D eigenvalue weighted by molar-refractivity contribution is 6.30. The van der Waals surface area contributed by atoms with Crippen LogP contribution in [-0.2, 0) is 9.53 Å². The second-order valence-electron chi connectivity index (χ2n) is 7.00. The minimum absolute atomic E-state index is 0.0306. The fourth-order valence-electron chi connectivity index (χ4n) is 2.97. The average molecular weight is 434 g/mol. The standard InChI is InChI=1S/C22H24ClNO6/c1-13-10-16(13)21(25)24-18-12-20(28-3)19(27-2)11-17(18)22(26)30-9-8-29-15-6-4-14(23)5-7-15/h4-7,11-13,16H,8-10H2,1-3H3,(H,24,25). The quantitative estimate of drug-likeness (QED) is 0.471. The highest BCUT2D eigenvalue weighted by Crippen LogP contribution is 2.40. The molecule has 0 aliphatic heterocycles. The van der Waals surface area contributed by atoms with E-state index in [1.165, 1.54) is 20.3 Å². The van der Waals surface area contributed by atoms with Gasteiger partial charge in [0.1, 0.15) is 19.0 Å². The van der Waals surface area contributed by atoms with Crippen LogP contribution in [0.1, 0.15) is 23.7 Å². The molecule has 2 aromatic carbocycles. The number of rotatable bonds is 9. The molecule has 0 heterocycles. The molecule has 0 bridgehead atoms. The Balaban J connectivity index is 1.67. The van der Waals surface area contributed by atoms with Gasteiger partial charge in [0.2, 0.25) is 5.91 Å². The van der Waals surface area contributed by atoms with Crippen LogP contribution in [0.15, 0.2) is 36.4 Å². The molecule has 1 N–H and O–H groups in total. The maximum absolute atomic E-state index is 12.7. The number of carbonyl (C=O) groups excluding carboxylic acids is 2. The van der Waals surface area contributed by atoms with Gasteiger partial charge in [-0.05, 0) is 36.6 Å². The second-order valence-corrected chi connectivity index (χ2v) is 7.44. The summed E-state index contributed by atoms with van der Waals surface area (Å²) in [6.07, 6.45) is 0.834. The number of anilines is 1. The Morgan fingerprint density at radius 2 is 1.70 bits per heavy atom. The molecular formula is C22H24ClNO6. The smallest absolute Gasteiger partial charge is 0.340 e. The Kier molecular flexibility index (Phi) is 7.05. The fraction of sp³-hybridized carbons (Fsp3) is 0.364. The van der Waals surface area contributed by atoms with Gasteiger partial charge in [-0.15, -0.1) is 0 Å². The molecule has 1 amide bonds. The van der Waals surface area contributed by atoms with Gasteiger partial charge in [-0.2, -0.15) is 0 Å². The van der Waals surface area contributed by atoms with Crippen molar-refractivity contribution in [3.63, 3.8) is 0 Å². The molecule has 0 radical (unpaired) electrons. The van der Waals surface area contributed by atoms with Gasteiger partial charge in [-0.1, -0.05) is 18.5 Å². The van der Waals surface area contributed by atoms with E-state index >= 15 is 0 Å². The maximum atomic E-state index is 12.7. The molecule has 3 rings (SSSR count). The highest BCUT2D eigenvalue weighted by Gasteiger charge is 2.39. The van der Waals surface area contributed by atoms with E-state index in [2.05, 4.69) is 5.32 Å². The van der Waals surface area contributed by atoms with Crippen LogP contribution in [0.4, 0.5) is 5.69 Å². The van der Waals surface area contributed by atoms with Gasteiger partial charge >= 0.3 is 5.97 Å². The first-order valence-electron chi connectivity index (χ1n) is 9.55. The Morgan fingerprint density at radius 1 is 1.07 bits per heavy atom. The largest absolute Gasteiger partial charge is 0.493 e. The number of halogens is 1. The molecule has 2 unspecified atom stereocenters. The summed E-state index contributed by atoms with van der Waals surface area (Å²) in [6.45, 7) is 2.21. The lowest BCUT2D eigenvalue weighted by Gasteiger charge is -2.15. The van der Waals surface area contributed by atoms with Crippen molar-refractivity contribution in [1.82, 2.24) is 0 Å². The van der Waals surface area contributed by atoms with Crippen LogP contribution < -0.4 is 19.5 Å². The van der Waals surface area contributed by atoms with Gasteiger partial charge in [0.15, 0.2) is 11.5 Å². The molecule has 30 heavy (non-hydrogen) atoms. The number of amides is 1. The van der Waals surface area contributed by atoms with Crippen LogP contribution in [0.5, 0.6) is 17.2 Å². The second kappa shape index (κ2) is 9.71. The number of benzene rings is 2. The molecule has 0 spiro atoms. The molecule has 1 aliphatic carbocycles. The van der Waals surface area contributed by atoms with E-state index in [0.717, 1.165) is 6.42 Å². The summed E-state index contributed by atoms with van der Waals surface area (Å²) >= 11 is 5.84. The number of nitrogens with one attached hydrogen (secondary N) is 1. The number of hydrogen-bond acceptors (Lipinski definition) is 6. The van der Waals surface area contributed by atoms with Gasteiger partial charge in [-0.25, -0.2) is 4.79 Å². The van der Waals surface area contributed by atoms with Crippen molar-refractivity contribution in [2.45, 2.75) is 13.3 Å². The molecule has 1 saturated carbocycles. The van der Waals surface area contributed by atoms with Gasteiger partial charge in [-0.3, -0.25) is 4.79 Å². The fourth-order valence-corrected chi connectivity index (χ4v) is 3.09. The summed E-state index contributed by atoms with van der Waals surface area (Å²) < 4.78 is 21.4. The monoisotopic (exact) mass is 433 g/mol. The summed E-state index contributed by atoms with van der Waals surface area (Å²) in [5.41, 5.74) is 0.501. The minimum atomic E-state index is -0.602. The van der Waals surface area contributed by atoms with Crippen LogP contribution in [-0.4, -0.2) is 39.3 Å². The van der Waals surface area contributed by atoms with Crippen molar-refractivity contribution in [1.29, 1.82) is 0 Å². The number of carbonyl (C=O) groups is 2. The van der Waals surface area contributed by atoms with Crippen molar-refractivity contribution in [2.24, 2.45) is 11.8 Å². The van der Waals surface area contributed by atoms with Crippen molar-refractivity contribution in [3.8, 4) is 17.2 Å². The molecule has 0 aromatic heterocycles. The molecule has 160 valence electrons. The topological polar surface area (TPSA) is 83.1 Å². The van der Waals surface area contributed by atoms with Crippen molar-refractivity contribution in [2.75, 3.05) is 32.8 Å². The first-order chi connectivity index (χ1) is 14.4. The predicted octanol–water partition coefficient (Wildman–Crippen LogP) is 4.19. The van der Waals surface area contributed by atoms with E-state index in [-0.39, 0.29) is 30.6 Å². The summed E-state index contributed by atoms with van der Waals surface area (Å²) in [5, 5.41) is 3.42. The summed E-state index contributed by atoms with van der Waals surface area (Å²) in [6, 6.07) is 9.93. The molecular weight excluding hydrogens is 410 g/mol. The van der Waals surface area contributed by atoms with Gasteiger partial charge in [0, 0.05) is 23.1 Å². The highest BCUT2D eigenvalue weighted by atomic mass is 35.5. The van der Waals surface area contributed by atoms with E-state index in [1.54, 1.807) is 30.3 Å². The minimum Gasteiger partial charge on any atom is -0.493 e. The van der Waals surface area contributed by atoms with Crippen molar-refractivity contribution in [3.05, 3.63) is 47.0 Å². The molecule has 1 aliphatic rings. The molecule has 8 heteroatoms. The van der Waals surface area contributed by atoms with E-state index in [1.807, 2.05) is 6.92 Å². The Bertz CT molecular complexity index is 915. The van der Waals surface area contributed by atoms with Gasteiger partial charge in [0.25, 0.3) is 0 Å². The lowest BCUT2D eigenvalue weighted by atomic mass is 10.1. The SMILES string of the molecule is COc1cc(NC(=O)C2CC2C)c(C(=O)OCCOc2ccc(Cl)cc2)cc1OC. The zero-order valence-corrected chi connectivity index (χ0v) is 17.8. The van der Waals surface area contributed by atoms with E-state index in [0.29, 0.717) is 33.9 Å². The summed E-state index contributed by atoms with van der Waals surface area (Å²) in [5.74, 6) is 0.942. The van der Waals surface area contributed by atoms with Crippen LogP contribution in [0.2, 0.25) is 5.02 Å². The first kappa shape index (κ1) is 21.8. The maximum Gasteiger partial charge on any atom is 0.340 e. The van der Waals surface area contributed by atoms with E-state index in [9.17, 15) is 9.59 Å². The number of ether oxygens (including phenoxy) is 4. The van der Waals surface area contributed by atoms with Crippen LogP contribution in [0.25, 0.3) is 0 Å². The molecule has 2 atom stereocenters. The summed E-state index contributed by atoms with van der Waals surface area (Å²) in [7, 11) is 2.95. The Labute approximate surface area is 180 Å². The number of hydrogen-bond donors (Lipinski definition) is 1. The first-order valence-corrected chi connectivity index (χ1v) is 9.93. The predicted molar refractivity (Wildman–Crippen MR) is 113 cm³/mol. The molecule has 2 aromatic rings. The zero-order valence-electron chi connectivity index (χ0n) is 17.1. The normalized spacial score (nSPS) is 17.1. The Hall–Kier alpha value is -2.93. The van der Waals surface area contributed by atoms with Gasteiger partial charge < -0.3 is 24.3 Å². The lowest BCUT2D eigenvalue weighted by Crippen LogP contribution is -2.19. The molecule has 7 nitrogen and oxygen atoms in total. The molecule has 0 saturated heterocycles. The number of esters is 1. The van der Waals surface area contributed by atoms with Crippen molar-refractivity contribution >= 4 is 29.2 Å². The van der Waals surface area contributed by atoms with E-state index in [4.69, 9.17) is 30.5 Å². The average Bonchev–Trinajstić information content (AvgIpc) is 3.48. The van der Waals surface area contributed by atoms with Crippen LogP contribution >= 0.6 is 11.6 Å². The Morgan fingerprint density at radius 3 is 2.30 bits per heavy atom. The third-order valence-corrected chi connectivity index (χ3v) is 5.10. The lowest BCUT2D eigenvalue weighted by molar-refractivity contribution is -0.117. The summed E-state index contributed by atoms with van der Waals surface area (Å²) in [4.78, 5) is 25.1. The zero-order chi connectivity index (χ0) is 21.7.